The highest BCUT2D eigenvalue weighted by molar-refractivity contribution is 6.31. The summed E-state index contributed by atoms with van der Waals surface area (Å²) in [7, 11) is 0. The molecule has 1 fully saturated rings. The highest BCUT2D eigenvalue weighted by Gasteiger charge is 2.68. The molecular weight excluding hydrogens is 385 g/mol. The summed E-state index contributed by atoms with van der Waals surface area (Å²) in [5, 5.41) is 15.1. The highest BCUT2D eigenvalue weighted by atomic mass is 35.5. The van der Waals surface area contributed by atoms with Crippen LogP contribution in [-0.4, -0.2) is 40.2 Å². The molecule has 1 amide bonds. The molecule has 148 valence electrons. The van der Waals surface area contributed by atoms with Crippen LogP contribution in [0.15, 0.2) is 23.3 Å². The van der Waals surface area contributed by atoms with Crippen molar-refractivity contribution in [2.75, 3.05) is 6.61 Å². The second kappa shape index (κ2) is 7.31. The van der Waals surface area contributed by atoms with Crippen molar-refractivity contribution in [3.8, 4) is 5.75 Å². The molecule has 0 saturated heterocycles. The van der Waals surface area contributed by atoms with Crippen molar-refractivity contribution in [3.05, 3.63) is 28.8 Å². The summed E-state index contributed by atoms with van der Waals surface area (Å²) in [6.45, 7) is 1.06. The molecule has 1 aliphatic carbocycles. The van der Waals surface area contributed by atoms with E-state index in [1.807, 2.05) is 0 Å². The van der Waals surface area contributed by atoms with Crippen LogP contribution in [0.1, 0.15) is 37.7 Å². The first-order valence-electron chi connectivity index (χ1n) is 8.73. The molecule has 0 unspecified atom stereocenters. The van der Waals surface area contributed by atoms with Gasteiger partial charge in [0.15, 0.2) is 6.61 Å². The SMILES string of the molecule is Cc1cc(OCC(=O)N2N=C3CCCCC[C@@H]3[C@@]2(O)C(F)(F)F)ccc1Cl. The van der Waals surface area contributed by atoms with Crippen LogP contribution in [0, 0.1) is 12.8 Å². The monoisotopic (exact) mass is 404 g/mol. The van der Waals surface area contributed by atoms with Crippen LogP contribution in [0.5, 0.6) is 5.75 Å². The first kappa shape index (κ1) is 19.9. The van der Waals surface area contributed by atoms with Crippen LogP contribution >= 0.6 is 11.6 Å². The van der Waals surface area contributed by atoms with E-state index in [0.717, 1.165) is 6.42 Å². The van der Waals surface area contributed by atoms with Gasteiger partial charge in [0, 0.05) is 10.7 Å². The Balaban J connectivity index is 1.81. The number of aliphatic hydroxyl groups is 1. The summed E-state index contributed by atoms with van der Waals surface area (Å²) in [5.41, 5.74) is -2.40. The van der Waals surface area contributed by atoms with E-state index >= 15 is 0 Å². The summed E-state index contributed by atoms with van der Waals surface area (Å²) >= 11 is 5.91. The number of hydrogen-bond acceptors (Lipinski definition) is 4. The van der Waals surface area contributed by atoms with Gasteiger partial charge in [-0.2, -0.15) is 23.3 Å². The van der Waals surface area contributed by atoms with Crippen molar-refractivity contribution < 1.29 is 27.8 Å². The number of benzene rings is 1. The van der Waals surface area contributed by atoms with Crippen molar-refractivity contribution in [1.82, 2.24) is 5.01 Å². The molecule has 5 nitrogen and oxygen atoms in total. The van der Waals surface area contributed by atoms with Crippen LogP contribution in [0.4, 0.5) is 13.2 Å². The van der Waals surface area contributed by atoms with E-state index in [-0.39, 0.29) is 17.1 Å². The van der Waals surface area contributed by atoms with Crippen LogP contribution < -0.4 is 4.74 Å². The smallest absolute Gasteiger partial charge is 0.439 e. The Morgan fingerprint density at radius 3 is 2.81 bits per heavy atom. The number of alkyl halides is 3. The minimum absolute atomic E-state index is 0.135. The van der Waals surface area contributed by atoms with Gasteiger partial charge in [-0.3, -0.25) is 4.79 Å². The van der Waals surface area contributed by atoms with E-state index in [0.29, 0.717) is 35.6 Å². The zero-order chi connectivity index (χ0) is 19.8. The third kappa shape index (κ3) is 3.65. The van der Waals surface area contributed by atoms with Gasteiger partial charge in [-0.1, -0.05) is 24.4 Å². The Labute approximate surface area is 159 Å². The third-order valence-electron chi connectivity index (χ3n) is 5.01. The van der Waals surface area contributed by atoms with Crippen molar-refractivity contribution in [2.45, 2.75) is 50.9 Å². The number of hydrazone groups is 1. The molecule has 2 atom stereocenters. The highest BCUT2D eigenvalue weighted by Crippen LogP contribution is 2.47. The number of halogens is 4. The number of rotatable bonds is 3. The average molecular weight is 405 g/mol. The molecule has 2 aliphatic rings. The molecule has 1 N–H and O–H groups in total. The lowest BCUT2D eigenvalue weighted by Gasteiger charge is -2.37. The molecule has 1 heterocycles. The van der Waals surface area contributed by atoms with E-state index in [9.17, 15) is 23.1 Å². The van der Waals surface area contributed by atoms with Gasteiger partial charge in [-0.25, -0.2) is 0 Å². The van der Waals surface area contributed by atoms with E-state index in [1.54, 1.807) is 19.1 Å². The zero-order valence-electron chi connectivity index (χ0n) is 14.7. The first-order valence-corrected chi connectivity index (χ1v) is 9.11. The fraction of sp³-hybridized carbons (Fsp3) is 0.556. The lowest BCUT2D eigenvalue weighted by Crippen LogP contribution is -2.61. The quantitative estimate of drug-likeness (QED) is 0.826. The predicted molar refractivity (Wildman–Crippen MR) is 93.5 cm³/mol. The van der Waals surface area contributed by atoms with Gasteiger partial charge in [0.25, 0.3) is 11.6 Å². The van der Waals surface area contributed by atoms with Crippen LogP contribution in [0.3, 0.4) is 0 Å². The van der Waals surface area contributed by atoms with Crippen molar-refractivity contribution in [1.29, 1.82) is 0 Å². The molecule has 1 aliphatic heterocycles. The number of ether oxygens (including phenoxy) is 1. The number of nitrogens with zero attached hydrogens (tertiary/aromatic N) is 2. The van der Waals surface area contributed by atoms with Gasteiger partial charge >= 0.3 is 6.18 Å². The Morgan fingerprint density at radius 2 is 2.15 bits per heavy atom. The fourth-order valence-electron chi connectivity index (χ4n) is 3.55. The molecule has 3 rings (SSSR count). The standard InChI is InChI=1S/C18H20ClF3N2O3/c1-11-9-12(7-8-14(11)19)27-10-16(25)24-17(26,18(20,21)22)13-5-3-2-4-6-15(13)23-24/h7-9,13,26H,2-6,10H2,1H3/t13-,17+/m0/s1. The Bertz CT molecular complexity index is 769. The Hall–Kier alpha value is -1.80. The van der Waals surface area contributed by atoms with Gasteiger partial charge in [-0.15, -0.1) is 0 Å². The summed E-state index contributed by atoms with van der Waals surface area (Å²) in [6, 6.07) is 4.65. The molecule has 0 bridgehead atoms. The normalized spacial score (nSPS) is 25.6. The molecule has 9 heteroatoms. The Kier molecular flexibility index (Phi) is 5.40. The molecule has 27 heavy (non-hydrogen) atoms. The maximum atomic E-state index is 13.7. The number of carbonyl (C=O) groups excluding carboxylic acids is 1. The summed E-state index contributed by atoms with van der Waals surface area (Å²) in [4.78, 5) is 12.5. The van der Waals surface area contributed by atoms with E-state index in [1.165, 1.54) is 6.07 Å². The van der Waals surface area contributed by atoms with Gasteiger partial charge < -0.3 is 9.84 Å². The van der Waals surface area contributed by atoms with E-state index in [2.05, 4.69) is 5.10 Å². The number of fused-ring (bicyclic) bond motifs is 1. The minimum atomic E-state index is -5.03. The Morgan fingerprint density at radius 1 is 1.41 bits per heavy atom. The van der Waals surface area contributed by atoms with Gasteiger partial charge in [0.2, 0.25) is 0 Å². The van der Waals surface area contributed by atoms with E-state index < -0.39 is 30.3 Å². The molecule has 0 radical (unpaired) electrons. The second-order valence-electron chi connectivity index (χ2n) is 6.87. The summed E-state index contributed by atoms with van der Waals surface area (Å²) in [5.74, 6) is -1.99. The molecular formula is C18H20ClF3N2O3. The van der Waals surface area contributed by atoms with Crippen LogP contribution in [0.25, 0.3) is 0 Å². The predicted octanol–water partition coefficient (Wildman–Crippen LogP) is 4.06. The third-order valence-corrected chi connectivity index (χ3v) is 5.43. The number of amides is 1. The minimum Gasteiger partial charge on any atom is -0.484 e. The lowest BCUT2D eigenvalue weighted by molar-refractivity contribution is -0.317. The summed E-state index contributed by atoms with van der Waals surface area (Å²) < 4.78 is 46.5. The molecule has 1 aromatic carbocycles. The zero-order valence-corrected chi connectivity index (χ0v) is 15.5. The number of carbonyl (C=O) groups is 1. The van der Waals surface area contributed by atoms with Gasteiger partial charge in [-0.05, 0) is 49.9 Å². The summed E-state index contributed by atoms with van der Waals surface area (Å²) in [6.07, 6.45) is -2.55. The lowest BCUT2D eigenvalue weighted by atomic mass is 9.87. The molecule has 1 saturated carbocycles. The first-order chi connectivity index (χ1) is 12.6. The van der Waals surface area contributed by atoms with Crippen molar-refractivity contribution >= 4 is 23.2 Å². The fourth-order valence-corrected chi connectivity index (χ4v) is 3.67. The van der Waals surface area contributed by atoms with Gasteiger partial charge in [0.1, 0.15) is 5.75 Å². The average Bonchev–Trinajstić information content (AvgIpc) is 2.75. The van der Waals surface area contributed by atoms with Crippen molar-refractivity contribution in [2.24, 2.45) is 11.0 Å². The maximum Gasteiger partial charge on any atom is 0.439 e. The molecule has 0 spiro atoms. The topological polar surface area (TPSA) is 62.1 Å². The molecule has 0 aromatic heterocycles. The van der Waals surface area contributed by atoms with Crippen LogP contribution in [0.2, 0.25) is 5.02 Å². The molecule has 1 aromatic rings. The number of hydrogen-bond donors (Lipinski definition) is 1. The largest absolute Gasteiger partial charge is 0.484 e. The van der Waals surface area contributed by atoms with Crippen molar-refractivity contribution in [3.63, 3.8) is 0 Å². The van der Waals surface area contributed by atoms with Gasteiger partial charge in [0.05, 0.1) is 5.92 Å². The second-order valence-corrected chi connectivity index (χ2v) is 7.28. The maximum absolute atomic E-state index is 13.7. The van der Waals surface area contributed by atoms with Crippen LogP contribution in [-0.2, 0) is 4.79 Å². The number of aryl methyl sites for hydroxylation is 1. The van der Waals surface area contributed by atoms with E-state index in [4.69, 9.17) is 16.3 Å².